The summed E-state index contributed by atoms with van der Waals surface area (Å²) in [4.78, 5) is 37.4. The van der Waals surface area contributed by atoms with Gasteiger partial charge in [-0.05, 0) is 28.9 Å². The van der Waals surface area contributed by atoms with E-state index in [4.69, 9.17) is 10.3 Å². The lowest BCUT2D eigenvalue weighted by atomic mass is 10.2. The zero-order valence-corrected chi connectivity index (χ0v) is 15.6. The van der Waals surface area contributed by atoms with Crippen LogP contribution < -0.4 is 25.7 Å². The van der Waals surface area contributed by atoms with Crippen LogP contribution >= 0.6 is 0 Å². The molecule has 152 valence electrons. The number of imide groups is 1. The minimum atomic E-state index is -0.813. The Hall–Kier alpha value is -4.05. The van der Waals surface area contributed by atoms with Crippen molar-refractivity contribution in [2.75, 3.05) is 4.90 Å². The van der Waals surface area contributed by atoms with Gasteiger partial charge in [0.25, 0.3) is 11.6 Å². The standard InChI is InChI=1S/C20H17N5O5/c21-18(27)12-6-8-13(9-7-12)24-17(26)10-15(19(24)28)22-11-16-20(29)30-23-25(16)14-4-2-1-3-5-14/h1-9,15,22H,10-11H2,(H2-,21,23,27,29). The third kappa shape index (κ3) is 3.51. The molecule has 3 aromatic rings. The molecule has 1 unspecified atom stereocenters. The summed E-state index contributed by atoms with van der Waals surface area (Å²) < 4.78 is 6.10. The summed E-state index contributed by atoms with van der Waals surface area (Å²) in [6.45, 7) is -0.0185. The number of rotatable bonds is 6. The average molecular weight is 407 g/mol. The van der Waals surface area contributed by atoms with Crippen LogP contribution in [0.4, 0.5) is 5.69 Å². The molecule has 0 bridgehead atoms. The van der Waals surface area contributed by atoms with Crippen LogP contribution in [0.15, 0.2) is 59.1 Å². The SMILES string of the molecule is NC(=O)c1ccc(N2C(=O)CC(NCc3c([O-])on[n+]3-c3ccccc3)C2=O)cc1. The number of nitrogens with one attached hydrogen (secondary N) is 1. The molecule has 0 radical (unpaired) electrons. The lowest BCUT2D eigenvalue weighted by Crippen LogP contribution is -2.43. The van der Waals surface area contributed by atoms with Crippen LogP contribution in [-0.2, 0) is 16.1 Å². The van der Waals surface area contributed by atoms with Crippen LogP contribution in [0.3, 0.4) is 0 Å². The zero-order valence-electron chi connectivity index (χ0n) is 15.6. The topological polar surface area (TPSA) is 145 Å². The average Bonchev–Trinajstić information content (AvgIpc) is 3.25. The summed E-state index contributed by atoms with van der Waals surface area (Å²) in [6, 6.07) is 14.0. The normalized spacial score (nSPS) is 16.3. The number of carbonyl (C=O) groups excluding carboxylic acids is 3. The molecule has 3 amide bonds. The largest absolute Gasteiger partial charge is 0.539 e. The van der Waals surface area contributed by atoms with E-state index in [9.17, 15) is 19.5 Å². The summed E-state index contributed by atoms with van der Waals surface area (Å²) in [5.41, 5.74) is 6.65. The maximum absolute atomic E-state index is 12.8. The zero-order chi connectivity index (χ0) is 21.3. The van der Waals surface area contributed by atoms with E-state index in [1.807, 2.05) is 6.07 Å². The first kappa shape index (κ1) is 19.3. The van der Waals surface area contributed by atoms with Crippen molar-refractivity contribution in [1.82, 2.24) is 10.6 Å². The van der Waals surface area contributed by atoms with Gasteiger partial charge in [-0.1, -0.05) is 18.2 Å². The lowest BCUT2D eigenvalue weighted by Gasteiger charge is -2.15. The van der Waals surface area contributed by atoms with E-state index >= 15 is 0 Å². The number of primary amides is 1. The quantitative estimate of drug-likeness (QED) is 0.415. The van der Waals surface area contributed by atoms with E-state index in [0.717, 1.165) is 4.90 Å². The van der Waals surface area contributed by atoms with Gasteiger partial charge in [-0.2, -0.15) is 0 Å². The van der Waals surface area contributed by atoms with Crippen molar-refractivity contribution in [1.29, 1.82) is 0 Å². The van der Waals surface area contributed by atoms with Gasteiger partial charge >= 0.3 is 0 Å². The second kappa shape index (κ2) is 7.76. The first-order chi connectivity index (χ1) is 14.5. The van der Waals surface area contributed by atoms with Crippen LogP contribution in [0.2, 0.25) is 0 Å². The van der Waals surface area contributed by atoms with Gasteiger partial charge in [0.2, 0.25) is 17.5 Å². The number of carbonyl (C=O) groups is 3. The molecule has 2 aromatic carbocycles. The smallest absolute Gasteiger partial charge is 0.253 e. The second-order valence-corrected chi connectivity index (χ2v) is 6.67. The summed E-state index contributed by atoms with van der Waals surface area (Å²) in [7, 11) is 0. The fourth-order valence-corrected chi connectivity index (χ4v) is 3.24. The maximum Gasteiger partial charge on any atom is 0.253 e. The molecule has 0 saturated carbocycles. The molecule has 0 spiro atoms. The molecule has 30 heavy (non-hydrogen) atoms. The molecule has 3 N–H and O–H groups in total. The van der Waals surface area contributed by atoms with Gasteiger partial charge in [0, 0.05) is 17.7 Å². The molecular formula is C20H17N5O5. The molecule has 1 aliphatic rings. The van der Waals surface area contributed by atoms with Crippen molar-refractivity contribution in [3.8, 4) is 11.6 Å². The molecule has 4 rings (SSSR count). The van der Waals surface area contributed by atoms with Crippen LogP contribution in [0.5, 0.6) is 5.95 Å². The van der Waals surface area contributed by atoms with E-state index in [1.165, 1.54) is 28.9 Å². The highest BCUT2D eigenvalue weighted by Gasteiger charge is 2.40. The molecule has 1 aromatic heterocycles. The van der Waals surface area contributed by atoms with E-state index in [1.54, 1.807) is 24.3 Å². The van der Waals surface area contributed by atoms with E-state index < -0.39 is 29.7 Å². The van der Waals surface area contributed by atoms with Gasteiger partial charge in [-0.3, -0.25) is 19.7 Å². The molecular weight excluding hydrogens is 390 g/mol. The number of para-hydroxylation sites is 1. The molecule has 1 saturated heterocycles. The summed E-state index contributed by atoms with van der Waals surface area (Å²) in [6.07, 6.45) is -0.0682. The number of aromatic nitrogens is 2. The molecule has 1 aliphatic heterocycles. The maximum atomic E-state index is 12.8. The predicted molar refractivity (Wildman–Crippen MR) is 100 cm³/mol. The van der Waals surface area contributed by atoms with E-state index in [-0.39, 0.29) is 24.2 Å². The third-order valence-corrected chi connectivity index (χ3v) is 4.77. The summed E-state index contributed by atoms with van der Waals surface area (Å²) in [5.74, 6) is -2.09. The molecule has 0 aliphatic carbocycles. The predicted octanol–water partition coefficient (Wildman–Crippen LogP) is -0.454. The van der Waals surface area contributed by atoms with E-state index in [0.29, 0.717) is 11.4 Å². The van der Waals surface area contributed by atoms with E-state index in [2.05, 4.69) is 10.6 Å². The monoisotopic (exact) mass is 407 g/mol. The van der Waals surface area contributed by atoms with Gasteiger partial charge in [0.15, 0.2) is 5.95 Å². The first-order valence-corrected chi connectivity index (χ1v) is 9.09. The van der Waals surface area contributed by atoms with Gasteiger partial charge < -0.3 is 15.4 Å². The molecule has 10 nitrogen and oxygen atoms in total. The Morgan fingerprint density at radius 2 is 1.90 bits per heavy atom. The molecule has 10 heteroatoms. The lowest BCUT2D eigenvalue weighted by molar-refractivity contribution is -0.677. The Kier molecular flexibility index (Phi) is 4.98. The molecule has 1 fully saturated rings. The Morgan fingerprint density at radius 1 is 1.20 bits per heavy atom. The van der Waals surface area contributed by atoms with Gasteiger partial charge in [-0.15, -0.1) is 0 Å². The number of nitrogens with two attached hydrogens (primary N) is 1. The second-order valence-electron chi connectivity index (χ2n) is 6.67. The number of benzene rings is 2. The van der Waals surface area contributed by atoms with Crippen molar-refractivity contribution >= 4 is 23.4 Å². The van der Waals surface area contributed by atoms with Crippen LogP contribution in [0.25, 0.3) is 5.69 Å². The number of anilines is 1. The van der Waals surface area contributed by atoms with Gasteiger partial charge in [-0.25, -0.2) is 4.90 Å². The molecule has 1 atom stereocenters. The number of hydrogen-bond donors (Lipinski definition) is 2. The van der Waals surface area contributed by atoms with Gasteiger partial charge in [0.05, 0.1) is 30.0 Å². The first-order valence-electron chi connectivity index (χ1n) is 9.09. The Labute approximate surface area is 170 Å². The summed E-state index contributed by atoms with van der Waals surface area (Å²) in [5, 5.41) is 18.7. The van der Waals surface area contributed by atoms with Crippen molar-refractivity contribution in [3.05, 3.63) is 65.9 Å². The highest BCUT2D eigenvalue weighted by atomic mass is 16.6. The Balaban J connectivity index is 1.50. The van der Waals surface area contributed by atoms with Crippen LogP contribution in [-0.4, -0.2) is 29.0 Å². The Morgan fingerprint density at radius 3 is 2.57 bits per heavy atom. The fourth-order valence-electron chi connectivity index (χ4n) is 3.24. The van der Waals surface area contributed by atoms with Crippen molar-refractivity contribution < 1.29 is 28.7 Å². The molecule has 2 heterocycles. The number of nitrogens with zero attached hydrogens (tertiary/aromatic N) is 3. The minimum absolute atomic E-state index is 0.0185. The van der Waals surface area contributed by atoms with Crippen LogP contribution in [0, 0.1) is 0 Å². The number of hydrogen-bond acceptors (Lipinski definition) is 7. The fraction of sp³-hybridized carbons (Fsp3) is 0.150. The van der Waals surface area contributed by atoms with Crippen molar-refractivity contribution in [2.24, 2.45) is 5.73 Å². The highest BCUT2D eigenvalue weighted by molar-refractivity contribution is 6.22. The van der Waals surface area contributed by atoms with Crippen molar-refractivity contribution in [3.63, 3.8) is 0 Å². The van der Waals surface area contributed by atoms with Crippen LogP contribution in [0.1, 0.15) is 22.5 Å². The summed E-state index contributed by atoms with van der Waals surface area (Å²) >= 11 is 0. The van der Waals surface area contributed by atoms with Gasteiger partial charge in [0.1, 0.15) is 0 Å². The minimum Gasteiger partial charge on any atom is -0.539 e. The number of amides is 3. The highest BCUT2D eigenvalue weighted by Crippen LogP contribution is 2.23. The van der Waals surface area contributed by atoms with Crippen molar-refractivity contribution in [2.45, 2.75) is 19.0 Å². The Bertz CT molecular complexity index is 1110. The third-order valence-electron chi connectivity index (χ3n) is 4.77.